The van der Waals surface area contributed by atoms with Crippen molar-refractivity contribution in [2.45, 2.75) is 6.92 Å². The van der Waals surface area contributed by atoms with Crippen LogP contribution < -0.4 is 10.2 Å². The summed E-state index contributed by atoms with van der Waals surface area (Å²) in [6, 6.07) is 4.30. The molecule has 0 radical (unpaired) electrons. The summed E-state index contributed by atoms with van der Waals surface area (Å²) in [6.45, 7) is 2.22. The summed E-state index contributed by atoms with van der Waals surface area (Å²) in [7, 11) is 3.32. The third kappa shape index (κ3) is 3.53. The number of hydrogen-bond donors (Lipinski definition) is 1. The van der Waals surface area contributed by atoms with Crippen molar-refractivity contribution in [1.82, 2.24) is 5.32 Å². The summed E-state index contributed by atoms with van der Waals surface area (Å²) >= 11 is 0. The summed E-state index contributed by atoms with van der Waals surface area (Å²) < 4.78 is 0. The molecule has 20 heavy (non-hydrogen) atoms. The number of amides is 1. The number of carbonyl (C=O) groups is 2. The lowest BCUT2D eigenvalue weighted by Gasteiger charge is -2.22. The largest absolute Gasteiger partial charge is 0.374 e. The number of anilines is 1. The molecule has 0 aliphatic rings. The first-order valence-corrected chi connectivity index (χ1v) is 6.07. The van der Waals surface area contributed by atoms with E-state index in [0.717, 1.165) is 0 Å². The molecule has 0 saturated heterocycles. The average molecular weight is 279 g/mol. The van der Waals surface area contributed by atoms with Crippen molar-refractivity contribution in [3.8, 4) is 0 Å². The second kappa shape index (κ2) is 6.65. The van der Waals surface area contributed by atoms with Crippen LogP contribution in [0.2, 0.25) is 0 Å². The van der Waals surface area contributed by atoms with Crippen LogP contribution in [0.3, 0.4) is 0 Å². The van der Waals surface area contributed by atoms with Crippen LogP contribution in [0.25, 0.3) is 0 Å². The van der Waals surface area contributed by atoms with E-state index in [9.17, 15) is 19.7 Å². The van der Waals surface area contributed by atoms with Crippen LogP contribution in [0.1, 0.15) is 17.3 Å². The van der Waals surface area contributed by atoms with Crippen LogP contribution >= 0.6 is 0 Å². The Morgan fingerprint density at radius 1 is 1.55 bits per heavy atom. The number of aldehydes is 1. The van der Waals surface area contributed by atoms with Crippen molar-refractivity contribution in [3.63, 3.8) is 0 Å². The smallest absolute Gasteiger partial charge is 0.280 e. The number of benzene rings is 1. The van der Waals surface area contributed by atoms with Crippen LogP contribution in [0.5, 0.6) is 0 Å². The van der Waals surface area contributed by atoms with Crippen molar-refractivity contribution >= 4 is 23.6 Å². The number of nitro benzene ring substituents is 1. The lowest BCUT2D eigenvalue weighted by molar-refractivity contribution is -0.385. The zero-order chi connectivity index (χ0) is 15.3. The monoisotopic (exact) mass is 279 g/mol. The average Bonchev–Trinajstić information content (AvgIpc) is 2.45. The number of nitrogens with one attached hydrogen (secondary N) is 1. The first-order valence-electron chi connectivity index (χ1n) is 6.07. The zero-order valence-corrected chi connectivity index (χ0v) is 11.6. The number of nitrogens with zero attached hydrogens (tertiary/aromatic N) is 2. The van der Waals surface area contributed by atoms with Gasteiger partial charge in [-0.25, -0.2) is 0 Å². The maximum Gasteiger partial charge on any atom is 0.280 e. The van der Waals surface area contributed by atoms with E-state index < -0.39 is 4.92 Å². The fourth-order valence-corrected chi connectivity index (χ4v) is 1.89. The van der Waals surface area contributed by atoms with Crippen LogP contribution in [0.4, 0.5) is 11.4 Å². The molecule has 0 spiro atoms. The first-order chi connectivity index (χ1) is 9.40. The van der Waals surface area contributed by atoms with E-state index in [4.69, 9.17) is 0 Å². The van der Waals surface area contributed by atoms with E-state index in [1.54, 1.807) is 32.0 Å². The van der Waals surface area contributed by atoms with Gasteiger partial charge in [0, 0.05) is 32.4 Å². The van der Waals surface area contributed by atoms with Crippen LogP contribution in [-0.2, 0) is 4.79 Å². The Kier molecular flexibility index (Phi) is 5.19. The van der Waals surface area contributed by atoms with Gasteiger partial charge in [0.1, 0.15) is 0 Å². The van der Waals surface area contributed by atoms with Crippen LogP contribution in [0, 0.1) is 16.0 Å². The Bertz CT molecular complexity index is 530. The topological polar surface area (TPSA) is 92.6 Å². The minimum absolute atomic E-state index is 0.0203. The van der Waals surface area contributed by atoms with E-state index in [2.05, 4.69) is 5.32 Å². The normalized spacial score (nSPS) is 11.6. The Balaban J connectivity index is 2.94. The van der Waals surface area contributed by atoms with E-state index in [-0.39, 0.29) is 23.1 Å². The second-order valence-corrected chi connectivity index (χ2v) is 4.51. The highest BCUT2D eigenvalue weighted by atomic mass is 16.6. The molecule has 1 aromatic carbocycles. The van der Waals surface area contributed by atoms with Crippen molar-refractivity contribution < 1.29 is 14.5 Å². The Morgan fingerprint density at radius 2 is 2.20 bits per heavy atom. The quantitative estimate of drug-likeness (QED) is 0.480. The van der Waals surface area contributed by atoms with Gasteiger partial charge >= 0.3 is 0 Å². The summed E-state index contributed by atoms with van der Waals surface area (Å²) in [4.78, 5) is 34.3. The number of nitro groups is 1. The molecule has 0 aliphatic carbocycles. The van der Waals surface area contributed by atoms with Gasteiger partial charge in [-0.15, -0.1) is 0 Å². The number of rotatable bonds is 6. The van der Waals surface area contributed by atoms with Crippen molar-refractivity contribution in [2.75, 3.05) is 25.5 Å². The molecule has 108 valence electrons. The fraction of sp³-hybridized carbons (Fsp3) is 0.385. The zero-order valence-electron chi connectivity index (χ0n) is 11.6. The molecule has 1 N–H and O–H groups in total. The molecule has 1 amide bonds. The molecule has 7 heteroatoms. The summed E-state index contributed by atoms with van der Waals surface area (Å²) in [5.41, 5.74) is 0.442. The standard InChI is InChI=1S/C13H17N3O4/c1-9(13(18)14-2)7-15(3)11-4-5-12(16(19)20)10(6-11)8-17/h4-6,8-9H,7H2,1-3H3,(H,14,18). The van der Waals surface area contributed by atoms with Gasteiger partial charge in [0.05, 0.1) is 16.4 Å². The minimum atomic E-state index is -0.597. The molecule has 0 aliphatic heterocycles. The molecule has 1 rings (SSSR count). The lowest BCUT2D eigenvalue weighted by Crippen LogP contribution is -2.34. The van der Waals surface area contributed by atoms with Gasteiger partial charge in [-0.2, -0.15) is 0 Å². The van der Waals surface area contributed by atoms with E-state index in [1.807, 2.05) is 0 Å². The fourth-order valence-electron chi connectivity index (χ4n) is 1.89. The van der Waals surface area contributed by atoms with Gasteiger partial charge in [-0.05, 0) is 12.1 Å². The van der Waals surface area contributed by atoms with E-state index in [0.29, 0.717) is 18.5 Å². The maximum atomic E-state index is 11.5. The molecule has 1 atom stereocenters. The molecule has 0 fully saturated rings. The highest BCUT2D eigenvalue weighted by Crippen LogP contribution is 2.23. The second-order valence-electron chi connectivity index (χ2n) is 4.51. The highest BCUT2D eigenvalue weighted by molar-refractivity contribution is 5.84. The minimum Gasteiger partial charge on any atom is -0.374 e. The highest BCUT2D eigenvalue weighted by Gasteiger charge is 2.17. The molecule has 0 aromatic heterocycles. The molecule has 7 nitrogen and oxygen atoms in total. The molecule has 1 unspecified atom stereocenters. The SMILES string of the molecule is CNC(=O)C(C)CN(C)c1ccc([N+](=O)[O-])c(C=O)c1. The van der Waals surface area contributed by atoms with Gasteiger partial charge in [-0.3, -0.25) is 19.7 Å². The van der Waals surface area contributed by atoms with Gasteiger partial charge in [0.25, 0.3) is 5.69 Å². The predicted octanol–water partition coefficient (Wildman–Crippen LogP) is 1.23. The summed E-state index contributed by atoms with van der Waals surface area (Å²) in [5.74, 6) is -0.325. The molecular formula is C13H17N3O4. The molecular weight excluding hydrogens is 262 g/mol. The van der Waals surface area contributed by atoms with Gasteiger partial charge in [0.2, 0.25) is 5.91 Å². The van der Waals surface area contributed by atoms with E-state index in [1.165, 1.54) is 12.1 Å². The molecule has 1 aromatic rings. The van der Waals surface area contributed by atoms with Gasteiger partial charge in [0.15, 0.2) is 6.29 Å². The summed E-state index contributed by atoms with van der Waals surface area (Å²) in [5, 5.41) is 13.3. The Labute approximate surface area is 116 Å². The third-order valence-electron chi connectivity index (χ3n) is 3.02. The molecule has 0 heterocycles. The molecule has 0 bridgehead atoms. The number of carbonyl (C=O) groups excluding carboxylic acids is 2. The van der Waals surface area contributed by atoms with Crippen LogP contribution in [0.15, 0.2) is 18.2 Å². The van der Waals surface area contributed by atoms with Crippen LogP contribution in [-0.4, -0.2) is 37.8 Å². The predicted molar refractivity (Wildman–Crippen MR) is 75.0 cm³/mol. The van der Waals surface area contributed by atoms with Crippen molar-refractivity contribution in [1.29, 1.82) is 0 Å². The first kappa shape index (κ1) is 15.6. The third-order valence-corrected chi connectivity index (χ3v) is 3.02. The Hall–Kier alpha value is -2.44. The Morgan fingerprint density at radius 3 is 2.70 bits per heavy atom. The maximum absolute atomic E-state index is 11.5. The van der Waals surface area contributed by atoms with Gasteiger partial charge < -0.3 is 10.2 Å². The summed E-state index contributed by atoms with van der Waals surface area (Å²) in [6.07, 6.45) is 0.456. The van der Waals surface area contributed by atoms with Crippen molar-refractivity contribution in [3.05, 3.63) is 33.9 Å². The number of hydrogen-bond acceptors (Lipinski definition) is 5. The lowest BCUT2D eigenvalue weighted by atomic mass is 10.1. The van der Waals surface area contributed by atoms with Crippen molar-refractivity contribution in [2.24, 2.45) is 5.92 Å². The van der Waals surface area contributed by atoms with E-state index >= 15 is 0 Å². The molecule has 0 saturated carbocycles. The van der Waals surface area contributed by atoms with Gasteiger partial charge in [-0.1, -0.05) is 6.92 Å².